The molecule has 0 unspecified atom stereocenters. The third-order valence-electron chi connectivity index (χ3n) is 2.85. The first-order valence-corrected chi connectivity index (χ1v) is 7.36. The molecule has 0 spiro atoms. The SMILES string of the molecule is CNCCNc1cccc2c(S([N])(=O)=O)cccc12. The van der Waals surface area contributed by atoms with E-state index in [4.69, 9.17) is 0 Å². The van der Waals surface area contributed by atoms with Crippen molar-refractivity contribution in [1.82, 2.24) is 10.5 Å². The second-order valence-electron chi connectivity index (χ2n) is 4.16. The number of benzene rings is 2. The minimum atomic E-state index is -4.21. The summed E-state index contributed by atoms with van der Waals surface area (Å²) in [5.41, 5.74) is 0.846. The molecule has 100 valence electrons. The van der Waals surface area contributed by atoms with Crippen LogP contribution < -0.4 is 15.8 Å². The number of anilines is 1. The van der Waals surface area contributed by atoms with Crippen LogP contribution in [0.5, 0.6) is 0 Å². The molecule has 0 aliphatic rings. The molecule has 19 heavy (non-hydrogen) atoms. The Morgan fingerprint density at radius 2 is 1.74 bits per heavy atom. The van der Waals surface area contributed by atoms with Crippen molar-refractivity contribution in [3.8, 4) is 0 Å². The maximum atomic E-state index is 11.3. The van der Waals surface area contributed by atoms with Gasteiger partial charge in [-0.15, -0.1) is 0 Å². The Morgan fingerprint density at radius 3 is 2.42 bits per heavy atom. The lowest BCUT2D eigenvalue weighted by molar-refractivity contribution is 0.597. The van der Waals surface area contributed by atoms with E-state index in [1.54, 1.807) is 18.2 Å². The van der Waals surface area contributed by atoms with Crippen molar-refractivity contribution in [1.29, 1.82) is 0 Å². The molecular weight excluding hydrogens is 262 g/mol. The molecule has 0 heterocycles. The quantitative estimate of drug-likeness (QED) is 0.805. The van der Waals surface area contributed by atoms with Crippen LogP contribution >= 0.6 is 0 Å². The van der Waals surface area contributed by atoms with Crippen LogP contribution in [0, 0.1) is 0 Å². The van der Waals surface area contributed by atoms with Crippen LogP contribution in [0.25, 0.3) is 10.8 Å². The maximum Gasteiger partial charge on any atom is 0.274 e. The van der Waals surface area contributed by atoms with E-state index in [2.05, 4.69) is 10.6 Å². The van der Waals surface area contributed by atoms with Gasteiger partial charge in [0.15, 0.2) is 0 Å². The Labute approximate surface area is 112 Å². The number of nitrogens with zero attached hydrogens (tertiary/aromatic N) is 1. The summed E-state index contributed by atoms with van der Waals surface area (Å²) in [5.74, 6) is 0. The van der Waals surface area contributed by atoms with Gasteiger partial charge in [0, 0.05) is 34.7 Å². The molecule has 6 heteroatoms. The van der Waals surface area contributed by atoms with Crippen molar-refractivity contribution in [2.24, 2.45) is 0 Å². The molecule has 0 fully saturated rings. The average Bonchev–Trinajstić information content (AvgIpc) is 2.37. The summed E-state index contributed by atoms with van der Waals surface area (Å²) in [6.45, 7) is 1.53. The van der Waals surface area contributed by atoms with Gasteiger partial charge in [0.2, 0.25) is 0 Å². The molecule has 0 saturated carbocycles. The number of rotatable bonds is 5. The first kappa shape index (κ1) is 13.8. The third kappa shape index (κ3) is 3.04. The Hall–Kier alpha value is -1.63. The predicted octanol–water partition coefficient (Wildman–Crippen LogP) is 1.23. The molecule has 2 aromatic carbocycles. The summed E-state index contributed by atoms with van der Waals surface area (Å²) in [5, 5.41) is 16.8. The molecule has 2 rings (SSSR count). The molecule has 0 amide bonds. The minimum Gasteiger partial charge on any atom is -0.383 e. The summed E-state index contributed by atoms with van der Waals surface area (Å²) < 4.78 is 22.7. The highest BCUT2D eigenvalue weighted by molar-refractivity contribution is 7.89. The zero-order chi connectivity index (χ0) is 13.9. The third-order valence-corrected chi connectivity index (χ3v) is 3.76. The molecule has 0 aliphatic carbocycles. The number of sulfonamides is 1. The fourth-order valence-electron chi connectivity index (χ4n) is 1.98. The standard InChI is InChI=1S/C13H15N3O2S/c1-15-8-9-16-12-6-2-5-11-10(12)4-3-7-13(11)19(14,17)18/h2-7,15-16H,8-9H2,1H3. The average molecular weight is 277 g/mol. The van der Waals surface area contributed by atoms with Crippen LogP contribution in [-0.4, -0.2) is 28.6 Å². The minimum absolute atomic E-state index is 0.0673. The molecule has 2 aromatic rings. The second kappa shape index (κ2) is 5.56. The molecule has 5 nitrogen and oxygen atoms in total. The van der Waals surface area contributed by atoms with Crippen LogP contribution in [0.15, 0.2) is 41.3 Å². The lowest BCUT2D eigenvalue weighted by atomic mass is 10.1. The maximum absolute atomic E-state index is 11.3. The van der Waals surface area contributed by atoms with Crippen LogP contribution in [0.4, 0.5) is 5.69 Å². The predicted molar refractivity (Wildman–Crippen MR) is 75.7 cm³/mol. The van der Waals surface area contributed by atoms with E-state index >= 15 is 0 Å². The zero-order valence-electron chi connectivity index (χ0n) is 10.6. The van der Waals surface area contributed by atoms with E-state index in [0.717, 1.165) is 24.2 Å². The molecule has 0 aliphatic heterocycles. The smallest absolute Gasteiger partial charge is 0.274 e. The summed E-state index contributed by atoms with van der Waals surface area (Å²) in [4.78, 5) is -0.0673. The molecule has 2 N–H and O–H groups in total. The largest absolute Gasteiger partial charge is 0.383 e. The topological polar surface area (TPSA) is 80.5 Å². The van der Waals surface area contributed by atoms with E-state index in [9.17, 15) is 13.6 Å². The van der Waals surface area contributed by atoms with E-state index in [-0.39, 0.29) is 4.90 Å². The van der Waals surface area contributed by atoms with E-state index in [1.807, 2.05) is 19.2 Å². The van der Waals surface area contributed by atoms with Gasteiger partial charge in [-0.05, 0) is 19.2 Å². The molecule has 0 bridgehead atoms. The van der Waals surface area contributed by atoms with Crippen molar-refractivity contribution in [3.63, 3.8) is 0 Å². The number of nitrogens with one attached hydrogen (secondary N) is 2. The molecule has 0 saturated heterocycles. The lowest BCUT2D eigenvalue weighted by Gasteiger charge is -2.11. The number of likely N-dealkylation sites (N-methyl/N-ethyl adjacent to an activating group) is 1. The van der Waals surface area contributed by atoms with Gasteiger partial charge >= 0.3 is 0 Å². The van der Waals surface area contributed by atoms with Crippen LogP contribution in [-0.2, 0) is 10.0 Å². The van der Waals surface area contributed by atoms with E-state index in [0.29, 0.717) is 5.39 Å². The Kier molecular flexibility index (Phi) is 4.04. The summed E-state index contributed by atoms with van der Waals surface area (Å²) in [6, 6.07) is 10.2. The number of fused-ring (bicyclic) bond motifs is 1. The van der Waals surface area contributed by atoms with Crippen molar-refractivity contribution >= 4 is 26.5 Å². The molecule has 2 radical (unpaired) electrons. The fourth-order valence-corrected chi connectivity index (χ4v) is 2.69. The van der Waals surface area contributed by atoms with Crippen LogP contribution in [0.3, 0.4) is 0 Å². The number of hydrogen-bond acceptors (Lipinski definition) is 4. The summed E-state index contributed by atoms with van der Waals surface area (Å²) in [7, 11) is -2.35. The molecular formula is C13H15N3O2S. The second-order valence-corrected chi connectivity index (χ2v) is 5.55. The lowest BCUT2D eigenvalue weighted by Crippen LogP contribution is -2.17. The fraction of sp³-hybridized carbons (Fsp3) is 0.231. The van der Waals surface area contributed by atoms with Crippen LogP contribution in [0.2, 0.25) is 0 Å². The van der Waals surface area contributed by atoms with Crippen molar-refractivity contribution in [2.45, 2.75) is 4.90 Å². The van der Waals surface area contributed by atoms with Gasteiger partial charge < -0.3 is 10.6 Å². The highest BCUT2D eigenvalue weighted by atomic mass is 32.2. The Morgan fingerprint density at radius 1 is 1.05 bits per heavy atom. The Bertz CT molecular complexity index is 683. The van der Waals surface area contributed by atoms with Gasteiger partial charge in [-0.25, -0.2) is 8.42 Å². The van der Waals surface area contributed by atoms with Gasteiger partial charge in [-0.1, -0.05) is 24.3 Å². The highest BCUT2D eigenvalue weighted by Crippen LogP contribution is 2.28. The number of hydrogen-bond donors (Lipinski definition) is 2. The first-order chi connectivity index (χ1) is 9.04. The first-order valence-electron chi connectivity index (χ1n) is 5.92. The zero-order valence-corrected chi connectivity index (χ0v) is 11.4. The van der Waals surface area contributed by atoms with Crippen molar-refractivity contribution in [2.75, 3.05) is 25.5 Å². The van der Waals surface area contributed by atoms with Gasteiger partial charge in [0.25, 0.3) is 10.0 Å². The molecule has 0 atom stereocenters. The van der Waals surface area contributed by atoms with Crippen molar-refractivity contribution < 1.29 is 8.42 Å². The van der Waals surface area contributed by atoms with E-state index < -0.39 is 10.0 Å². The summed E-state index contributed by atoms with van der Waals surface area (Å²) in [6.07, 6.45) is 0. The van der Waals surface area contributed by atoms with Gasteiger partial charge in [0.1, 0.15) is 0 Å². The molecule has 0 aromatic heterocycles. The Balaban J connectivity index is 2.52. The van der Waals surface area contributed by atoms with Gasteiger partial charge in [0.05, 0.1) is 4.90 Å². The highest BCUT2D eigenvalue weighted by Gasteiger charge is 2.14. The van der Waals surface area contributed by atoms with Gasteiger partial charge in [-0.3, -0.25) is 0 Å². The monoisotopic (exact) mass is 277 g/mol. The van der Waals surface area contributed by atoms with Crippen molar-refractivity contribution in [3.05, 3.63) is 36.4 Å². The summed E-state index contributed by atoms with van der Waals surface area (Å²) >= 11 is 0. The van der Waals surface area contributed by atoms with Gasteiger partial charge in [-0.2, -0.15) is 0 Å². The van der Waals surface area contributed by atoms with E-state index in [1.165, 1.54) is 6.07 Å². The van der Waals surface area contributed by atoms with Crippen LogP contribution in [0.1, 0.15) is 0 Å². The normalized spacial score (nSPS) is 11.7.